The van der Waals surface area contributed by atoms with Crippen molar-refractivity contribution in [2.45, 2.75) is 0 Å². The quantitative estimate of drug-likeness (QED) is 0.848. The van der Waals surface area contributed by atoms with Crippen molar-refractivity contribution in [1.29, 1.82) is 0 Å². The lowest BCUT2D eigenvalue weighted by Crippen LogP contribution is -1.93. The highest BCUT2D eigenvalue weighted by atomic mass is 79.9. The van der Waals surface area contributed by atoms with E-state index in [4.69, 9.17) is 0 Å². The molecule has 0 saturated carbocycles. The minimum atomic E-state index is 0.260. The normalized spacial score (nSPS) is 10.4. The van der Waals surface area contributed by atoms with Crippen molar-refractivity contribution in [3.05, 3.63) is 34.9 Å². The summed E-state index contributed by atoms with van der Waals surface area (Å²) in [5, 5.41) is 13.5. The maximum atomic E-state index is 9.35. The second-order valence-electron chi connectivity index (χ2n) is 3.02. The zero-order chi connectivity index (χ0) is 10.1. The van der Waals surface area contributed by atoms with Gasteiger partial charge in [0.15, 0.2) is 0 Å². The van der Waals surface area contributed by atoms with Gasteiger partial charge in [0.2, 0.25) is 0 Å². The van der Waals surface area contributed by atoms with Crippen molar-refractivity contribution >= 4 is 15.9 Å². The molecule has 4 heteroatoms. The number of halogens is 1. The SMILES string of the molecule is Cn1ncc(Br)c1-c1cccc(O)c1. The first-order valence-electron chi connectivity index (χ1n) is 4.15. The third-order valence-corrected chi connectivity index (χ3v) is 2.59. The molecule has 2 aromatic rings. The van der Waals surface area contributed by atoms with Crippen LogP contribution in [-0.4, -0.2) is 14.9 Å². The Morgan fingerprint density at radius 1 is 1.43 bits per heavy atom. The number of aromatic hydroxyl groups is 1. The minimum Gasteiger partial charge on any atom is -0.508 e. The number of hydrogen-bond acceptors (Lipinski definition) is 2. The molecular formula is C10H9BrN2O. The number of hydrogen-bond donors (Lipinski definition) is 1. The second-order valence-corrected chi connectivity index (χ2v) is 3.87. The van der Waals surface area contributed by atoms with E-state index in [0.717, 1.165) is 15.7 Å². The number of phenols is 1. The summed E-state index contributed by atoms with van der Waals surface area (Å²) in [6.45, 7) is 0. The molecule has 1 N–H and O–H groups in total. The van der Waals surface area contributed by atoms with Crippen LogP contribution in [-0.2, 0) is 7.05 Å². The molecule has 2 rings (SSSR count). The third kappa shape index (κ3) is 1.53. The highest BCUT2D eigenvalue weighted by Crippen LogP contribution is 2.29. The summed E-state index contributed by atoms with van der Waals surface area (Å²) in [4.78, 5) is 0. The standard InChI is InChI=1S/C10H9BrN2O/c1-13-10(9(11)6-12-13)7-3-2-4-8(14)5-7/h2-6,14H,1H3. The second kappa shape index (κ2) is 3.46. The van der Waals surface area contributed by atoms with Crippen molar-refractivity contribution in [3.8, 4) is 17.0 Å². The summed E-state index contributed by atoms with van der Waals surface area (Å²) in [7, 11) is 1.87. The van der Waals surface area contributed by atoms with Crippen LogP contribution in [0.1, 0.15) is 0 Å². The molecule has 0 atom stereocenters. The van der Waals surface area contributed by atoms with E-state index < -0.39 is 0 Å². The van der Waals surface area contributed by atoms with Crippen molar-refractivity contribution in [1.82, 2.24) is 9.78 Å². The average Bonchev–Trinajstić information content (AvgIpc) is 2.46. The summed E-state index contributed by atoms with van der Waals surface area (Å²) in [5.74, 6) is 0.260. The fraction of sp³-hybridized carbons (Fsp3) is 0.100. The first-order chi connectivity index (χ1) is 6.68. The third-order valence-electron chi connectivity index (χ3n) is 2.01. The highest BCUT2D eigenvalue weighted by Gasteiger charge is 2.08. The van der Waals surface area contributed by atoms with Crippen LogP contribution < -0.4 is 0 Å². The molecule has 0 bridgehead atoms. The smallest absolute Gasteiger partial charge is 0.116 e. The number of rotatable bonds is 1. The Bertz CT molecular complexity index is 445. The van der Waals surface area contributed by atoms with E-state index in [1.165, 1.54) is 0 Å². The summed E-state index contributed by atoms with van der Waals surface area (Å²) in [6.07, 6.45) is 1.74. The van der Waals surface area contributed by atoms with Crippen LogP contribution in [0.25, 0.3) is 11.3 Å². The molecule has 0 aliphatic rings. The van der Waals surface area contributed by atoms with E-state index in [1.54, 1.807) is 23.0 Å². The zero-order valence-electron chi connectivity index (χ0n) is 7.61. The first kappa shape index (κ1) is 9.27. The molecule has 0 radical (unpaired) electrons. The van der Waals surface area contributed by atoms with E-state index in [9.17, 15) is 5.11 Å². The Balaban J connectivity index is 2.59. The monoisotopic (exact) mass is 252 g/mol. The summed E-state index contributed by atoms with van der Waals surface area (Å²) < 4.78 is 2.68. The van der Waals surface area contributed by atoms with E-state index in [-0.39, 0.29) is 5.75 Å². The largest absolute Gasteiger partial charge is 0.508 e. The number of aromatic nitrogens is 2. The van der Waals surface area contributed by atoms with Gasteiger partial charge < -0.3 is 5.11 Å². The predicted octanol–water partition coefficient (Wildman–Crippen LogP) is 2.56. The fourth-order valence-corrected chi connectivity index (χ4v) is 1.97. The molecule has 0 spiro atoms. The molecule has 1 aromatic carbocycles. The van der Waals surface area contributed by atoms with Crippen LogP contribution in [0, 0.1) is 0 Å². The maximum Gasteiger partial charge on any atom is 0.116 e. The molecule has 0 unspecified atom stereocenters. The lowest BCUT2D eigenvalue weighted by Gasteiger charge is -2.03. The number of benzene rings is 1. The van der Waals surface area contributed by atoms with Gasteiger partial charge in [0.25, 0.3) is 0 Å². The molecule has 0 aliphatic carbocycles. The molecule has 0 saturated heterocycles. The lowest BCUT2D eigenvalue weighted by molar-refractivity contribution is 0.475. The molecule has 0 fully saturated rings. The summed E-state index contributed by atoms with van der Waals surface area (Å²) in [5.41, 5.74) is 1.90. The van der Waals surface area contributed by atoms with Crippen molar-refractivity contribution < 1.29 is 5.11 Å². The van der Waals surface area contributed by atoms with Gasteiger partial charge in [-0.2, -0.15) is 5.10 Å². The fourth-order valence-electron chi connectivity index (χ4n) is 1.39. The highest BCUT2D eigenvalue weighted by molar-refractivity contribution is 9.10. The van der Waals surface area contributed by atoms with Gasteiger partial charge in [-0.3, -0.25) is 4.68 Å². The lowest BCUT2D eigenvalue weighted by atomic mass is 10.1. The van der Waals surface area contributed by atoms with Gasteiger partial charge in [-0.05, 0) is 28.1 Å². The zero-order valence-corrected chi connectivity index (χ0v) is 9.19. The Morgan fingerprint density at radius 2 is 2.21 bits per heavy atom. The van der Waals surface area contributed by atoms with Crippen molar-refractivity contribution in [2.75, 3.05) is 0 Å². The summed E-state index contributed by atoms with van der Waals surface area (Å²) >= 11 is 3.41. The molecule has 1 aromatic heterocycles. The Morgan fingerprint density at radius 3 is 2.79 bits per heavy atom. The van der Waals surface area contributed by atoms with Gasteiger partial charge in [-0.1, -0.05) is 12.1 Å². The molecule has 3 nitrogen and oxygen atoms in total. The molecule has 1 heterocycles. The molecule has 14 heavy (non-hydrogen) atoms. The molecule has 0 amide bonds. The molecule has 0 aliphatic heterocycles. The molecule has 72 valence electrons. The van der Waals surface area contributed by atoms with Gasteiger partial charge in [-0.25, -0.2) is 0 Å². The van der Waals surface area contributed by atoms with Crippen LogP contribution >= 0.6 is 15.9 Å². The van der Waals surface area contributed by atoms with Gasteiger partial charge >= 0.3 is 0 Å². The van der Waals surface area contributed by atoms with Gasteiger partial charge in [-0.15, -0.1) is 0 Å². The topological polar surface area (TPSA) is 38.0 Å². The number of nitrogens with zero attached hydrogens (tertiary/aromatic N) is 2. The minimum absolute atomic E-state index is 0.260. The van der Waals surface area contributed by atoms with Crippen LogP contribution in [0.4, 0.5) is 0 Å². The van der Waals surface area contributed by atoms with E-state index >= 15 is 0 Å². The van der Waals surface area contributed by atoms with Gasteiger partial charge in [0, 0.05) is 12.6 Å². The van der Waals surface area contributed by atoms with Crippen LogP contribution in [0.5, 0.6) is 5.75 Å². The maximum absolute atomic E-state index is 9.35. The van der Waals surface area contributed by atoms with Crippen LogP contribution in [0.2, 0.25) is 0 Å². The van der Waals surface area contributed by atoms with Gasteiger partial charge in [0.1, 0.15) is 5.75 Å². The number of aryl methyl sites for hydroxylation is 1. The van der Waals surface area contributed by atoms with Crippen LogP contribution in [0.3, 0.4) is 0 Å². The van der Waals surface area contributed by atoms with E-state index in [2.05, 4.69) is 21.0 Å². The van der Waals surface area contributed by atoms with Crippen molar-refractivity contribution in [2.24, 2.45) is 7.05 Å². The van der Waals surface area contributed by atoms with E-state index in [1.807, 2.05) is 19.2 Å². The summed E-state index contributed by atoms with van der Waals surface area (Å²) in [6, 6.07) is 7.10. The Labute approximate surface area is 90.1 Å². The molecular weight excluding hydrogens is 244 g/mol. The Kier molecular flexibility index (Phi) is 2.29. The van der Waals surface area contributed by atoms with Crippen LogP contribution in [0.15, 0.2) is 34.9 Å². The van der Waals surface area contributed by atoms with Gasteiger partial charge in [0.05, 0.1) is 16.4 Å². The average molecular weight is 253 g/mol. The number of phenolic OH excluding ortho intramolecular Hbond substituents is 1. The van der Waals surface area contributed by atoms with Crippen molar-refractivity contribution in [3.63, 3.8) is 0 Å². The Hall–Kier alpha value is -1.29. The first-order valence-corrected chi connectivity index (χ1v) is 4.94. The predicted molar refractivity (Wildman–Crippen MR) is 58.0 cm³/mol. The van der Waals surface area contributed by atoms with E-state index in [0.29, 0.717) is 0 Å².